The number of aryl methyl sites for hydroxylation is 2. The number of halogens is 3. The molecule has 2 saturated carbocycles. The van der Waals surface area contributed by atoms with Crippen molar-refractivity contribution in [3.8, 4) is 17.1 Å². The van der Waals surface area contributed by atoms with Gasteiger partial charge in [0.05, 0.1) is 22.0 Å². The molecule has 13 heteroatoms. The fourth-order valence-corrected chi connectivity index (χ4v) is 7.12. The zero-order valence-corrected chi connectivity index (χ0v) is 24.5. The van der Waals surface area contributed by atoms with Gasteiger partial charge in [0.1, 0.15) is 6.61 Å². The number of carbonyl (C=O) groups excluding carboxylic acids is 1. The molecule has 4 bridgehead atoms. The summed E-state index contributed by atoms with van der Waals surface area (Å²) < 4.78 is 78.0. The van der Waals surface area contributed by atoms with E-state index in [1.54, 1.807) is 0 Å². The van der Waals surface area contributed by atoms with Crippen LogP contribution in [0.3, 0.4) is 0 Å². The lowest BCUT2D eigenvalue weighted by molar-refractivity contribution is -0.193. The van der Waals surface area contributed by atoms with Gasteiger partial charge in [-0.1, -0.05) is 24.3 Å². The minimum absolute atomic E-state index is 0.0316. The molecule has 1 aliphatic heterocycles. The molecule has 1 atom stereocenters. The van der Waals surface area contributed by atoms with Crippen molar-refractivity contribution >= 4 is 21.9 Å². The molecular formula is C30H32F3N5O4S. The van der Waals surface area contributed by atoms with Crippen molar-refractivity contribution in [1.82, 2.24) is 14.9 Å². The molecule has 2 aromatic carbocycles. The number of hydrogen-bond acceptors (Lipinski definition) is 7. The summed E-state index contributed by atoms with van der Waals surface area (Å²) in [5, 5.41) is 0. The van der Waals surface area contributed by atoms with E-state index in [2.05, 4.69) is 14.7 Å². The number of nitrogens with zero attached hydrogens (tertiary/aromatic N) is 3. The smallest absolute Gasteiger partial charge is 0.394 e. The van der Waals surface area contributed by atoms with Crippen LogP contribution in [0.15, 0.2) is 53.4 Å². The Morgan fingerprint density at radius 3 is 2.37 bits per heavy atom. The van der Waals surface area contributed by atoms with Crippen LogP contribution in [0.5, 0.6) is 5.88 Å². The Kier molecular flexibility index (Phi) is 7.15. The minimum atomic E-state index is -4.45. The first-order valence-corrected chi connectivity index (χ1v) is 15.6. The van der Waals surface area contributed by atoms with Crippen LogP contribution in [-0.4, -0.2) is 60.1 Å². The molecule has 0 saturated heterocycles. The Labute approximate surface area is 247 Å². The van der Waals surface area contributed by atoms with Crippen molar-refractivity contribution in [2.24, 2.45) is 11.1 Å². The zero-order chi connectivity index (χ0) is 30.7. The molecule has 0 unspecified atom stereocenters. The Balaban J connectivity index is 1.50. The molecular weight excluding hydrogens is 583 g/mol. The van der Waals surface area contributed by atoms with Gasteiger partial charge in [0, 0.05) is 29.3 Å². The maximum atomic E-state index is 14.2. The second-order valence-corrected chi connectivity index (χ2v) is 13.5. The number of alkyl halides is 3. The van der Waals surface area contributed by atoms with Crippen molar-refractivity contribution in [1.29, 1.82) is 0 Å². The second kappa shape index (κ2) is 10.5. The molecule has 6 rings (SSSR count). The maximum absolute atomic E-state index is 14.2. The van der Waals surface area contributed by atoms with E-state index in [9.17, 15) is 26.4 Å². The van der Waals surface area contributed by atoms with E-state index >= 15 is 0 Å². The van der Waals surface area contributed by atoms with Gasteiger partial charge >= 0.3 is 6.18 Å². The first kappa shape index (κ1) is 29.4. The number of sulfonamides is 1. The molecule has 43 heavy (non-hydrogen) atoms. The van der Waals surface area contributed by atoms with E-state index in [0.29, 0.717) is 18.5 Å². The highest BCUT2D eigenvalue weighted by molar-refractivity contribution is 7.92. The molecule has 3 N–H and O–H groups in total. The zero-order valence-electron chi connectivity index (χ0n) is 23.7. The van der Waals surface area contributed by atoms with E-state index < -0.39 is 39.6 Å². The summed E-state index contributed by atoms with van der Waals surface area (Å²) in [5.41, 5.74) is 7.04. The van der Waals surface area contributed by atoms with Crippen molar-refractivity contribution in [2.75, 3.05) is 11.3 Å². The van der Waals surface area contributed by atoms with E-state index in [4.69, 9.17) is 10.5 Å². The standard InChI is InChI=1S/C30H32F3N5O4S/c1-17-5-3-6-18(2)26(17)24-14-25-36-28(35-24)37-43(40,41)23-8-4-7-19(11-23)27(39)38(21-12-20(34)13-21)22(16-42-25)15-29(9-10-29)30(31,32)33/h3-8,11,14,20-22H,9-10,12-13,15-16,34H2,1-2H3,(H,35,36,37)/t20?,21?,22-/m1/s1. The molecule has 2 fully saturated rings. The Morgan fingerprint density at radius 1 is 1.07 bits per heavy atom. The highest BCUT2D eigenvalue weighted by Crippen LogP contribution is 2.61. The van der Waals surface area contributed by atoms with Crippen molar-refractivity contribution in [3.63, 3.8) is 0 Å². The van der Waals surface area contributed by atoms with Gasteiger partial charge in [0.2, 0.25) is 11.8 Å². The number of anilines is 1. The number of nitrogens with one attached hydrogen (secondary N) is 1. The third kappa shape index (κ3) is 5.55. The fourth-order valence-electron chi connectivity index (χ4n) is 6.13. The second-order valence-electron chi connectivity index (χ2n) is 11.9. The van der Waals surface area contributed by atoms with Crippen LogP contribution in [0.1, 0.15) is 53.6 Å². The monoisotopic (exact) mass is 615 g/mol. The highest BCUT2D eigenvalue weighted by Gasteiger charge is 2.64. The molecule has 3 aliphatic rings. The molecule has 1 aromatic heterocycles. The van der Waals surface area contributed by atoms with Gasteiger partial charge in [0.25, 0.3) is 15.9 Å². The summed E-state index contributed by atoms with van der Waals surface area (Å²) in [4.78, 5) is 24.0. The van der Waals surface area contributed by atoms with Crippen LogP contribution >= 0.6 is 0 Å². The number of hydrogen-bond donors (Lipinski definition) is 2. The lowest BCUT2D eigenvalue weighted by atomic mass is 9.83. The van der Waals surface area contributed by atoms with Gasteiger partial charge in [-0.3, -0.25) is 4.79 Å². The molecule has 0 spiro atoms. The summed E-state index contributed by atoms with van der Waals surface area (Å²) in [5.74, 6) is -0.872. The predicted molar refractivity (Wildman–Crippen MR) is 153 cm³/mol. The van der Waals surface area contributed by atoms with Crippen molar-refractivity contribution in [2.45, 2.75) is 75.1 Å². The summed E-state index contributed by atoms with van der Waals surface area (Å²) in [6, 6.07) is 11.0. The molecule has 2 aliphatic carbocycles. The normalized spacial score (nSPS) is 24.4. The summed E-state index contributed by atoms with van der Waals surface area (Å²) >= 11 is 0. The number of fused-ring (bicyclic) bond motifs is 4. The number of amides is 1. The third-order valence-corrected chi connectivity index (χ3v) is 10.1. The number of benzene rings is 2. The average molecular weight is 616 g/mol. The molecule has 1 amide bonds. The maximum Gasteiger partial charge on any atom is 0.394 e. The lowest BCUT2D eigenvalue weighted by Gasteiger charge is -2.46. The average Bonchev–Trinajstić information content (AvgIpc) is 3.71. The van der Waals surface area contributed by atoms with Gasteiger partial charge in [-0.25, -0.2) is 18.1 Å². The summed E-state index contributed by atoms with van der Waals surface area (Å²) in [6.07, 6.45) is -4.05. The van der Waals surface area contributed by atoms with Gasteiger partial charge in [-0.2, -0.15) is 18.2 Å². The van der Waals surface area contributed by atoms with Gasteiger partial charge in [-0.15, -0.1) is 0 Å². The summed E-state index contributed by atoms with van der Waals surface area (Å²) in [7, 11) is -4.26. The van der Waals surface area contributed by atoms with Crippen molar-refractivity contribution < 1.29 is 31.1 Å². The SMILES string of the molecule is Cc1cccc(C)c1-c1cc2nc(n1)NS(=O)(=O)c1cccc(c1)C(=O)N(C1CC(N)C1)[C@H](CC1(C(F)(F)F)CC1)CO2. The van der Waals surface area contributed by atoms with E-state index in [1.807, 2.05) is 32.0 Å². The topological polar surface area (TPSA) is 128 Å². The third-order valence-electron chi connectivity index (χ3n) is 8.73. The Bertz CT molecular complexity index is 1670. The highest BCUT2D eigenvalue weighted by atomic mass is 32.2. The van der Waals surface area contributed by atoms with E-state index in [-0.39, 0.29) is 54.2 Å². The van der Waals surface area contributed by atoms with E-state index in [0.717, 1.165) is 16.7 Å². The molecule has 0 radical (unpaired) electrons. The Hall–Kier alpha value is -3.71. The van der Waals surface area contributed by atoms with Gasteiger partial charge in [0.15, 0.2) is 0 Å². The van der Waals surface area contributed by atoms with Crippen molar-refractivity contribution in [3.05, 3.63) is 65.2 Å². The fraction of sp³-hybridized carbons (Fsp3) is 0.433. The largest absolute Gasteiger partial charge is 0.475 e. The minimum Gasteiger partial charge on any atom is -0.475 e. The quantitative estimate of drug-likeness (QED) is 0.424. The van der Waals surface area contributed by atoms with Gasteiger partial charge in [-0.05, 0) is 75.3 Å². The number of nitrogens with two attached hydrogens (primary N) is 1. The molecule has 228 valence electrons. The lowest BCUT2D eigenvalue weighted by Crippen LogP contribution is -2.58. The van der Waals surface area contributed by atoms with Crippen LogP contribution in [-0.2, 0) is 10.0 Å². The first-order valence-electron chi connectivity index (χ1n) is 14.1. The molecule has 9 nitrogen and oxygen atoms in total. The van der Waals surface area contributed by atoms with Crippen LogP contribution in [0.25, 0.3) is 11.3 Å². The summed E-state index contributed by atoms with van der Waals surface area (Å²) in [6.45, 7) is 3.49. The number of rotatable bonds is 4. The number of carbonyl (C=O) groups is 1. The Morgan fingerprint density at radius 2 is 1.74 bits per heavy atom. The van der Waals surface area contributed by atoms with Crippen LogP contribution < -0.4 is 15.2 Å². The van der Waals surface area contributed by atoms with Crippen LogP contribution in [0.4, 0.5) is 19.1 Å². The van der Waals surface area contributed by atoms with E-state index in [1.165, 1.54) is 35.2 Å². The molecule has 2 heterocycles. The molecule has 3 aromatic rings. The van der Waals surface area contributed by atoms with Crippen LogP contribution in [0, 0.1) is 19.3 Å². The number of ether oxygens (including phenoxy) is 1. The van der Waals surface area contributed by atoms with Crippen LogP contribution in [0.2, 0.25) is 0 Å². The predicted octanol–water partition coefficient (Wildman–Crippen LogP) is 4.99. The van der Waals surface area contributed by atoms with Gasteiger partial charge < -0.3 is 15.4 Å². The number of aromatic nitrogens is 2. The first-order chi connectivity index (χ1) is 20.3.